The molecular formula is C6H6N8O3. The third-order valence-electron chi connectivity index (χ3n) is 1.42. The molecule has 2 rings (SSSR count). The number of rotatable bonds is 2. The number of nitrogens with two attached hydrogens (primary N) is 2. The summed E-state index contributed by atoms with van der Waals surface area (Å²) in [5.74, 6) is -0.502. The van der Waals surface area contributed by atoms with E-state index in [0.717, 1.165) is 0 Å². The molecule has 6 N–H and O–H groups in total. The monoisotopic (exact) mass is 238 g/mol. The van der Waals surface area contributed by atoms with E-state index in [1.807, 2.05) is 0 Å². The molecule has 0 saturated heterocycles. The zero-order valence-corrected chi connectivity index (χ0v) is 8.14. The summed E-state index contributed by atoms with van der Waals surface area (Å²) in [6.07, 6.45) is 0. The van der Waals surface area contributed by atoms with Gasteiger partial charge in [0.15, 0.2) is 0 Å². The summed E-state index contributed by atoms with van der Waals surface area (Å²) in [6, 6.07) is -1.95. The first kappa shape index (κ1) is 10.5. The van der Waals surface area contributed by atoms with Gasteiger partial charge in [-0.2, -0.15) is 19.9 Å². The third kappa shape index (κ3) is 2.53. The number of aromatic nitrogens is 6. The summed E-state index contributed by atoms with van der Waals surface area (Å²) >= 11 is 0. The standard InChI is InChI=1S/C6H6N8O3/c7-1-9-3(15)13-5(11-1)17-6-12-2(8)10-4(16)14-6/h(H3,7,9,11,13,15)(H3,8,10,12,14,16). The van der Waals surface area contributed by atoms with E-state index < -0.39 is 12.0 Å². The molecule has 2 heterocycles. The van der Waals surface area contributed by atoms with Crippen molar-refractivity contribution < 1.29 is 14.9 Å². The Morgan fingerprint density at radius 3 is 1.47 bits per heavy atom. The second-order valence-electron chi connectivity index (χ2n) is 2.65. The molecule has 11 heteroatoms. The van der Waals surface area contributed by atoms with E-state index in [4.69, 9.17) is 26.4 Å². The average Bonchev–Trinajstić information content (AvgIpc) is 2.13. The second-order valence-corrected chi connectivity index (χ2v) is 2.65. The lowest BCUT2D eigenvalue weighted by atomic mass is 10.9. The fraction of sp³-hybridized carbons (Fsp3) is 0. The fourth-order valence-electron chi connectivity index (χ4n) is 0.895. The van der Waals surface area contributed by atoms with Gasteiger partial charge < -0.3 is 26.4 Å². The molecule has 0 radical (unpaired) electrons. The molecular weight excluding hydrogens is 232 g/mol. The molecule has 0 atom stereocenters. The van der Waals surface area contributed by atoms with Crippen molar-refractivity contribution >= 4 is 11.9 Å². The molecule has 0 fully saturated rings. The van der Waals surface area contributed by atoms with Crippen molar-refractivity contribution in [3.05, 3.63) is 0 Å². The Morgan fingerprint density at radius 2 is 1.12 bits per heavy atom. The van der Waals surface area contributed by atoms with Gasteiger partial charge >= 0.3 is 24.0 Å². The van der Waals surface area contributed by atoms with Gasteiger partial charge in [0.1, 0.15) is 0 Å². The maximum atomic E-state index is 9.03. The van der Waals surface area contributed by atoms with Crippen molar-refractivity contribution in [1.82, 2.24) is 29.9 Å². The van der Waals surface area contributed by atoms with Crippen LogP contribution >= 0.6 is 0 Å². The third-order valence-corrected chi connectivity index (χ3v) is 1.42. The number of nitrogens with zero attached hydrogens (tertiary/aromatic N) is 6. The van der Waals surface area contributed by atoms with Gasteiger partial charge in [-0.1, -0.05) is 0 Å². The number of hydrogen-bond acceptors (Lipinski definition) is 11. The fourth-order valence-corrected chi connectivity index (χ4v) is 0.895. The van der Waals surface area contributed by atoms with E-state index in [0.29, 0.717) is 0 Å². The highest BCUT2D eigenvalue weighted by atomic mass is 16.5. The topological polar surface area (TPSA) is 179 Å². The number of ether oxygens (including phenoxy) is 1. The van der Waals surface area contributed by atoms with Gasteiger partial charge in [0, 0.05) is 0 Å². The lowest BCUT2D eigenvalue weighted by Gasteiger charge is -2.02. The molecule has 17 heavy (non-hydrogen) atoms. The van der Waals surface area contributed by atoms with E-state index in [9.17, 15) is 0 Å². The van der Waals surface area contributed by atoms with Crippen LogP contribution in [0.5, 0.6) is 24.0 Å². The maximum absolute atomic E-state index is 9.03. The predicted molar refractivity (Wildman–Crippen MR) is 51.9 cm³/mol. The largest absolute Gasteiger partial charge is 0.479 e. The van der Waals surface area contributed by atoms with Crippen LogP contribution < -0.4 is 16.2 Å². The van der Waals surface area contributed by atoms with Crippen LogP contribution in [0.15, 0.2) is 0 Å². The highest BCUT2D eigenvalue weighted by molar-refractivity contribution is 5.23. The number of aromatic hydroxyl groups is 2. The lowest BCUT2D eigenvalue weighted by Crippen LogP contribution is -2.03. The molecule has 2 aromatic rings. The van der Waals surface area contributed by atoms with Gasteiger partial charge in [0.25, 0.3) is 0 Å². The van der Waals surface area contributed by atoms with Crippen LogP contribution in [0.2, 0.25) is 0 Å². The van der Waals surface area contributed by atoms with Crippen LogP contribution in [0.3, 0.4) is 0 Å². The maximum Gasteiger partial charge on any atom is 0.332 e. The highest BCUT2D eigenvalue weighted by Gasteiger charge is 2.10. The van der Waals surface area contributed by atoms with Crippen LogP contribution in [0.4, 0.5) is 11.9 Å². The van der Waals surface area contributed by atoms with E-state index in [1.54, 1.807) is 0 Å². The number of anilines is 2. The summed E-state index contributed by atoms with van der Waals surface area (Å²) in [6.45, 7) is 0. The van der Waals surface area contributed by atoms with E-state index in [2.05, 4.69) is 29.9 Å². The number of nitrogen functional groups attached to an aromatic ring is 2. The molecule has 0 aromatic carbocycles. The first-order valence-electron chi connectivity index (χ1n) is 4.12. The van der Waals surface area contributed by atoms with Gasteiger partial charge in [0.2, 0.25) is 11.9 Å². The Bertz CT molecular complexity index is 471. The van der Waals surface area contributed by atoms with Gasteiger partial charge in [-0.15, -0.1) is 9.97 Å². The quantitative estimate of drug-likeness (QED) is 0.474. The molecule has 0 aliphatic carbocycles. The Labute approximate surface area is 93.2 Å². The summed E-state index contributed by atoms with van der Waals surface area (Å²) in [7, 11) is 0. The molecule has 0 amide bonds. The van der Waals surface area contributed by atoms with E-state index in [-0.39, 0.29) is 23.9 Å². The van der Waals surface area contributed by atoms with Crippen molar-refractivity contribution in [2.75, 3.05) is 11.5 Å². The summed E-state index contributed by atoms with van der Waals surface area (Å²) in [5, 5.41) is 18.1. The normalized spacial score (nSPS) is 10.1. The van der Waals surface area contributed by atoms with Crippen LogP contribution in [0.1, 0.15) is 0 Å². The SMILES string of the molecule is Nc1nc(O)nc(Oc2nc(N)nc(O)n2)n1. The molecule has 88 valence electrons. The molecule has 2 aromatic heterocycles. The number of hydrogen-bond donors (Lipinski definition) is 4. The zero-order chi connectivity index (χ0) is 12.4. The molecule has 0 unspecified atom stereocenters. The van der Waals surface area contributed by atoms with Gasteiger partial charge in [-0.3, -0.25) is 0 Å². The van der Waals surface area contributed by atoms with Crippen LogP contribution in [-0.4, -0.2) is 40.1 Å². The van der Waals surface area contributed by atoms with E-state index in [1.165, 1.54) is 0 Å². The molecule has 0 spiro atoms. The van der Waals surface area contributed by atoms with Gasteiger partial charge in [0.05, 0.1) is 0 Å². The van der Waals surface area contributed by atoms with Crippen LogP contribution in [0.25, 0.3) is 0 Å². The minimum atomic E-state index is -0.626. The molecule has 11 nitrogen and oxygen atoms in total. The summed E-state index contributed by atoms with van der Waals surface area (Å²) < 4.78 is 4.90. The second kappa shape index (κ2) is 3.88. The highest BCUT2D eigenvalue weighted by Crippen LogP contribution is 2.17. The smallest absolute Gasteiger partial charge is 0.332 e. The lowest BCUT2D eigenvalue weighted by molar-refractivity contribution is 0.360. The Kier molecular flexibility index (Phi) is 2.40. The molecule has 0 aliphatic heterocycles. The van der Waals surface area contributed by atoms with Gasteiger partial charge in [-0.25, -0.2) is 0 Å². The average molecular weight is 238 g/mol. The van der Waals surface area contributed by atoms with Crippen molar-refractivity contribution in [2.45, 2.75) is 0 Å². The molecule has 0 saturated carbocycles. The van der Waals surface area contributed by atoms with Gasteiger partial charge in [-0.05, 0) is 0 Å². The first-order valence-corrected chi connectivity index (χ1v) is 4.12. The van der Waals surface area contributed by atoms with Crippen molar-refractivity contribution in [3.63, 3.8) is 0 Å². The summed E-state index contributed by atoms with van der Waals surface area (Å²) in [5.41, 5.74) is 10.5. The Balaban J connectivity index is 2.31. The van der Waals surface area contributed by atoms with Crippen molar-refractivity contribution in [2.24, 2.45) is 0 Å². The Morgan fingerprint density at radius 1 is 0.706 bits per heavy atom. The predicted octanol–water partition coefficient (Wildman–Crippen LogP) is -1.58. The minimum Gasteiger partial charge on any atom is -0.479 e. The minimum absolute atomic E-state index is 0.251. The summed E-state index contributed by atoms with van der Waals surface area (Å²) in [4.78, 5) is 20.5. The van der Waals surface area contributed by atoms with Crippen LogP contribution in [0, 0.1) is 0 Å². The van der Waals surface area contributed by atoms with Crippen molar-refractivity contribution in [3.8, 4) is 24.0 Å². The first-order chi connectivity index (χ1) is 8.02. The Hall–Kier alpha value is -2.98. The molecule has 0 aliphatic rings. The van der Waals surface area contributed by atoms with Crippen molar-refractivity contribution in [1.29, 1.82) is 0 Å². The zero-order valence-electron chi connectivity index (χ0n) is 8.14. The molecule has 0 bridgehead atoms. The van der Waals surface area contributed by atoms with Crippen LogP contribution in [-0.2, 0) is 0 Å². The van der Waals surface area contributed by atoms with E-state index >= 15 is 0 Å².